The van der Waals surface area contributed by atoms with E-state index in [0.29, 0.717) is 0 Å². The lowest BCUT2D eigenvalue weighted by Gasteiger charge is -2.41. The first-order valence-electron chi connectivity index (χ1n) is 6.64. The molecule has 2 aliphatic heterocycles. The average molecular weight is 443 g/mol. The maximum absolute atomic E-state index is 12.5. The molecule has 2 heterocycles. The molecule has 124 valence electrons. The highest BCUT2D eigenvalue weighted by atomic mass is 127. The van der Waals surface area contributed by atoms with Gasteiger partial charge < -0.3 is 19.1 Å². The van der Waals surface area contributed by atoms with Gasteiger partial charge in [0, 0.05) is 18.6 Å². The van der Waals surface area contributed by atoms with Crippen LogP contribution in [0.15, 0.2) is 0 Å². The largest absolute Gasteiger partial charge is 0.511 e. The highest BCUT2D eigenvalue weighted by Crippen LogP contribution is 2.53. The van der Waals surface area contributed by atoms with Crippen LogP contribution in [0.25, 0.3) is 0 Å². The Labute approximate surface area is 146 Å². The zero-order chi connectivity index (χ0) is 16.9. The van der Waals surface area contributed by atoms with Gasteiger partial charge in [-0.1, -0.05) is 22.6 Å². The van der Waals surface area contributed by atoms with E-state index in [1.54, 1.807) is 16.7 Å². The molecule has 0 spiro atoms. The first-order valence-corrected chi connectivity index (χ1v) is 8.76. The molecule has 0 aliphatic carbocycles. The lowest BCUT2D eigenvalue weighted by Crippen LogP contribution is -2.64. The van der Waals surface area contributed by atoms with E-state index in [9.17, 15) is 14.4 Å². The Bertz CT molecular complexity index is 523. The summed E-state index contributed by atoms with van der Waals surface area (Å²) in [5.41, 5.74) is 0. The van der Waals surface area contributed by atoms with E-state index < -0.39 is 28.7 Å². The van der Waals surface area contributed by atoms with Gasteiger partial charge in [-0.05, 0) is 13.8 Å². The molecule has 3 atom stereocenters. The van der Waals surface area contributed by atoms with E-state index in [4.69, 9.17) is 9.47 Å². The summed E-state index contributed by atoms with van der Waals surface area (Å²) in [5, 5.41) is -0.0229. The molecule has 0 unspecified atom stereocenters. The molecule has 0 aromatic carbocycles. The molecule has 0 N–H and O–H groups in total. The highest BCUT2D eigenvalue weighted by Gasteiger charge is 2.63. The molecular formula is C13H18INO6S. The Kier molecular flexibility index (Phi) is 4.60. The Morgan fingerprint density at radius 3 is 2.45 bits per heavy atom. The van der Waals surface area contributed by atoms with E-state index in [1.165, 1.54) is 21.0 Å². The first-order chi connectivity index (χ1) is 10.00. The summed E-state index contributed by atoms with van der Waals surface area (Å²) in [4.78, 5) is 37.3. The van der Waals surface area contributed by atoms with E-state index in [1.807, 2.05) is 13.8 Å². The number of nitrogens with zero attached hydrogens (tertiary/aromatic N) is 1. The van der Waals surface area contributed by atoms with Gasteiger partial charge in [-0.25, -0.2) is 9.59 Å². The van der Waals surface area contributed by atoms with Crippen LogP contribution in [-0.2, 0) is 23.8 Å². The van der Waals surface area contributed by atoms with Gasteiger partial charge in [0.25, 0.3) is 5.79 Å². The molecule has 0 radical (unpaired) electrons. The van der Waals surface area contributed by atoms with Gasteiger partial charge in [0.1, 0.15) is 15.3 Å². The van der Waals surface area contributed by atoms with Gasteiger partial charge in [0.2, 0.25) is 5.91 Å². The maximum atomic E-state index is 12.5. The number of halogens is 1. The van der Waals surface area contributed by atoms with Gasteiger partial charge in [0.15, 0.2) is 0 Å². The Morgan fingerprint density at radius 1 is 1.32 bits per heavy atom. The molecule has 7 nitrogen and oxygen atoms in total. The molecule has 9 heteroatoms. The minimum Gasteiger partial charge on any atom is -0.438 e. The van der Waals surface area contributed by atoms with Crippen molar-refractivity contribution < 1.29 is 28.6 Å². The summed E-state index contributed by atoms with van der Waals surface area (Å²) in [6.45, 7) is 6.67. The van der Waals surface area contributed by atoms with Gasteiger partial charge in [-0.3, -0.25) is 4.79 Å². The monoisotopic (exact) mass is 443 g/mol. The number of esters is 1. The predicted octanol–water partition coefficient (Wildman–Crippen LogP) is 1.91. The standard InChI is InChI=1S/C13H18INO6S/c1-12(2)7(15-8(16)6(14)9(15)22-12)10(17)20-13(3,4)21-11(18)19-5/h6-7,9H,1-5H3/t6-,7+,9-/m1/s1. The minimum absolute atomic E-state index is 0.0229. The Hall–Kier alpha value is -0.710. The summed E-state index contributed by atoms with van der Waals surface area (Å²) >= 11 is 3.66. The molecule has 2 rings (SSSR count). The molecule has 0 aromatic rings. The van der Waals surface area contributed by atoms with Crippen molar-refractivity contribution in [3.05, 3.63) is 0 Å². The van der Waals surface area contributed by atoms with Crippen LogP contribution in [0.2, 0.25) is 0 Å². The van der Waals surface area contributed by atoms with Crippen LogP contribution < -0.4 is 0 Å². The van der Waals surface area contributed by atoms with Crippen molar-refractivity contribution in [2.24, 2.45) is 0 Å². The molecule has 2 saturated heterocycles. The predicted molar refractivity (Wildman–Crippen MR) is 87.6 cm³/mol. The highest BCUT2D eigenvalue weighted by molar-refractivity contribution is 14.1. The SMILES string of the molecule is COC(=O)OC(C)(C)OC(=O)[C@@H]1N2C(=O)[C@@H](I)[C@H]2SC1(C)C. The van der Waals surface area contributed by atoms with Crippen molar-refractivity contribution >= 4 is 52.4 Å². The fraction of sp³-hybridized carbons (Fsp3) is 0.769. The summed E-state index contributed by atoms with van der Waals surface area (Å²) in [6, 6.07) is -0.707. The zero-order valence-electron chi connectivity index (χ0n) is 12.9. The molecule has 0 aromatic heterocycles. The van der Waals surface area contributed by atoms with Crippen molar-refractivity contribution in [2.75, 3.05) is 7.11 Å². The molecular weight excluding hydrogens is 425 g/mol. The second-order valence-electron chi connectivity index (χ2n) is 6.04. The fourth-order valence-corrected chi connectivity index (χ4v) is 5.15. The number of alkyl halides is 1. The molecule has 2 aliphatic rings. The van der Waals surface area contributed by atoms with Crippen LogP contribution in [-0.4, -0.2) is 55.9 Å². The minimum atomic E-state index is -1.47. The number of ether oxygens (including phenoxy) is 3. The third kappa shape index (κ3) is 3.01. The lowest BCUT2D eigenvalue weighted by atomic mass is 9.98. The zero-order valence-corrected chi connectivity index (χ0v) is 15.9. The second kappa shape index (κ2) is 5.73. The van der Waals surface area contributed by atoms with Gasteiger partial charge >= 0.3 is 12.1 Å². The number of β-lactam (4-membered cyclic amide) rings is 1. The van der Waals surface area contributed by atoms with Crippen molar-refractivity contribution in [3.8, 4) is 0 Å². The van der Waals surface area contributed by atoms with Gasteiger partial charge in [-0.2, -0.15) is 0 Å². The molecule has 0 saturated carbocycles. The number of carbonyl (C=O) groups is 3. The van der Waals surface area contributed by atoms with Crippen LogP contribution in [0.5, 0.6) is 0 Å². The van der Waals surface area contributed by atoms with Gasteiger partial charge in [0.05, 0.1) is 7.11 Å². The number of carbonyl (C=O) groups excluding carboxylic acids is 3. The van der Waals surface area contributed by atoms with Gasteiger partial charge in [-0.15, -0.1) is 11.8 Å². The topological polar surface area (TPSA) is 82.1 Å². The molecule has 2 fully saturated rings. The molecule has 0 bridgehead atoms. The number of hydrogen-bond donors (Lipinski definition) is 0. The third-order valence-corrected chi connectivity index (χ3v) is 6.72. The van der Waals surface area contributed by atoms with Crippen molar-refractivity contribution in [3.63, 3.8) is 0 Å². The van der Waals surface area contributed by atoms with E-state index >= 15 is 0 Å². The smallest absolute Gasteiger partial charge is 0.438 e. The first kappa shape index (κ1) is 17.6. The molecule has 1 amide bonds. The number of methoxy groups -OCH3 is 1. The van der Waals surface area contributed by atoms with E-state index in [2.05, 4.69) is 27.3 Å². The summed E-state index contributed by atoms with van der Waals surface area (Å²) in [7, 11) is 1.17. The fourth-order valence-electron chi connectivity index (χ4n) is 2.51. The summed E-state index contributed by atoms with van der Waals surface area (Å²) in [5.74, 6) is -2.14. The van der Waals surface area contributed by atoms with Crippen LogP contribution >= 0.6 is 34.4 Å². The Balaban J connectivity index is 2.12. The second-order valence-corrected chi connectivity index (χ2v) is 9.15. The van der Waals surface area contributed by atoms with Crippen molar-refractivity contribution in [1.82, 2.24) is 4.90 Å². The lowest BCUT2D eigenvalue weighted by molar-refractivity contribution is -0.207. The van der Waals surface area contributed by atoms with Crippen molar-refractivity contribution in [1.29, 1.82) is 0 Å². The normalized spacial score (nSPS) is 29.5. The number of rotatable bonds is 3. The maximum Gasteiger partial charge on any atom is 0.511 e. The van der Waals surface area contributed by atoms with E-state index in [-0.39, 0.29) is 15.2 Å². The van der Waals surface area contributed by atoms with E-state index in [0.717, 1.165) is 0 Å². The summed E-state index contributed by atoms with van der Waals surface area (Å²) < 4.78 is 14.0. The van der Waals surface area contributed by atoms with Crippen LogP contribution in [0.1, 0.15) is 27.7 Å². The van der Waals surface area contributed by atoms with Crippen LogP contribution in [0, 0.1) is 0 Å². The van der Waals surface area contributed by atoms with Crippen LogP contribution in [0.4, 0.5) is 4.79 Å². The Morgan fingerprint density at radius 2 is 1.91 bits per heavy atom. The number of hydrogen-bond acceptors (Lipinski definition) is 7. The number of amides is 1. The number of fused-ring (bicyclic) bond motifs is 1. The molecule has 22 heavy (non-hydrogen) atoms. The van der Waals surface area contributed by atoms with Crippen LogP contribution in [0.3, 0.4) is 0 Å². The quantitative estimate of drug-likeness (QED) is 0.217. The van der Waals surface area contributed by atoms with Crippen molar-refractivity contribution in [2.45, 2.75) is 53.6 Å². The third-order valence-electron chi connectivity index (χ3n) is 3.44. The number of thioether (sulfide) groups is 1. The summed E-state index contributed by atoms with van der Waals surface area (Å²) in [6.07, 6.45) is -0.942. The average Bonchev–Trinajstić information content (AvgIpc) is 2.65.